The standard InChI is InChI=1S/C14H32O4Si/c1-5-7-9-15-11-13-17-19(3,4)18-14-12-16-10-8-6-2/h5-14H2,1-4H3. The van der Waals surface area contributed by atoms with E-state index in [1.165, 1.54) is 12.8 Å². The Morgan fingerprint density at radius 1 is 0.632 bits per heavy atom. The molecular formula is C14H32O4Si. The zero-order chi connectivity index (χ0) is 14.4. The molecule has 0 saturated carbocycles. The molecule has 0 radical (unpaired) electrons. The van der Waals surface area contributed by atoms with Crippen molar-refractivity contribution in [3.63, 3.8) is 0 Å². The summed E-state index contributed by atoms with van der Waals surface area (Å²) in [6.07, 6.45) is 4.57. The first-order chi connectivity index (χ1) is 9.12. The molecule has 0 aromatic carbocycles. The van der Waals surface area contributed by atoms with Gasteiger partial charge in [-0.1, -0.05) is 26.7 Å². The molecule has 0 aliphatic rings. The quantitative estimate of drug-likeness (QED) is 0.363. The lowest BCUT2D eigenvalue weighted by Gasteiger charge is -2.22. The monoisotopic (exact) mass is 292 g/mol. The van der Waals surface area contributed by atoms with Gasteiger partial charge in [-0.2, -0.15) is 0 Å². The van der Waals surface area contributed by atoms with Crippen molar-refractivity contribution in [2.45, 2.75) is 52.6 Å². The lowest BCUT2D eigenvalue weighted by molar-refractivity contribution is 0.0608. The number of unbranched alkanes of at least 4 members (excludes halogenated alkanes) is 2. The molecular weight excluding hydrogens is 260 g/mol. The fourth-order valence-corrected chi connectivity index (χ4v) is 2.66. The first kappa shape index (κ1) is 19.1. The third-order valence-corrected chi connectivity index (χ3v) is 4.44. The molecule has 0 spiro atoms. The van der Waals surface area contributed by atoms with Crippen molar-refractivity contribution in [3.05, 3.63) is 0 Å². The number of hydrogen-bond acceptors (Lipinski definition) is 4. The van der Waals surface area contributed by atoms with Gasteiger partial charge in [-0.3, -0.25) is 0 Å². The Kier molecular flexibility index (Phi) is 13.1. The van der Waals surface area contributed by atoms with Crippen molar-refractivity contribution in [2.75, 3.05) is 39.6 Å². The highest BCUT2D eigenvalue weighted by Crippen LogP contribution is 2.06. The van der Waals surface area contributed by atoms with Crippen LogP contribution in [0.2, 0.25) is 13.1 Å². The Hall–Kier alpha value is 0.0569. The van der Waals surface area contributed by atoms with Gasteiger partial charge < -0.3 is 18.3 Å². The van der Waals surface area contributed by atoms with Crippen molar-refractivity contribution in [1.82, 2.24) is 0 Å². The molecule has 0 aromatic heterocycles. The summed E-state index contributed by atoms with van der Waals surface area (Å²) < 4.78 is 22.5. The maximum atomic E-state index is 5.77. The van der Waals surface area contributed by atoms with Gasteiger partial charge in [0.05, 0.1) is 26.4 Å². The minimum Gasteiger partial charge on any atom is -0.392 e. The Labute approximate surface area is 120 Å². The number of hydrogen-bond donors (Lipinski definition) is 0. The molecule has 0 heterocycles. The summed E-state index contributed by atoms with van der Waals surface area (Å²) in [7, 11) is -2.00. The van der Waals surface area contributed by atoms with Crippen LogP contribution in [-0.2, 0) is 18.3 Å². The molecule has 0 aliphatic carbocycles. The number of rotatable bonds is 14. The van der Waals surface area contributed by atoms with E-state index < -0.39 is 8.56 Å². The molecule has 0 unspecified atom stereocenters. The third kappa shape index (κ3) is 14.3. The van der Waals surface area contributed by atoms with Gasteiger partial charge in [-0.15, -0.1) is 0 Å². The van der Waals surface area contributed by atoms with Crippen molar-refractivity contribution in [3.8, 4) is 0 Å². The highest BCUT2D eigenvalue weighted by molar-refractivity contribution is 6.64. The van der Waals surface area contributed by atoms with Gasteiger partial charge in [0, 0.05) is 13.2 Å². The van der Waals surface area contributed by atoms with Gasteiger partial charge in [0.25, 0.3) is 0 Å². The van der Waals surface area contributed by atoms with Crippen LogP contribution in [0.4, 0.5) is 0 Å². The summed E-state index contributed by atoms with van der Waals surface area (Å²) in [5.74, 6) is 0. The summed E-state index contributed by atoms with van der Waals surface area (Å²) in [5, 5.41) is 0. The van der Waals surface area contributed by atoms with Gasteiger partial charge in [-0.05, 0) is 25.9 Å². The van der Waals surface area contributed by atoms with Crippen molar-refractivity contribution in [1.29, 1.82) is 0 Å². The van der Waals surface area contributed by atoms with Crippen LogP contribution in [0.5, 0.6) is 0 Å². The van der Waals surface area contributed by atoms with Gasteiger partial charge >= 0.3 is 8.56 Å². The summed E-state index contributed by atoms with van der Waals surface area (Å²) >= 11 is 0. The molecule has 0 bridgehead atoms. The van der Waals surface area contributed by atoms with Crippen LogP contribution in [-0.4, -0.2) is 48.2 Å². The van der Waals surface area contributed by atoms with Crippen LogP contribution >= 0.6 is 0 Å². The minimum atomic E-state index is -2.00. The molecule has 116 valence electrons. The average molecular weight is 292 g/mol. The predicted molar refractivity (Wildman–Crippen MR) is 80.8 cm³/mol. The average Bonchev–Trinajstić information content (AvgIpc) is 2.38. The summed E-state index contributed by atoms with van der Waals surface area (Å²) in [6, 6.07) is 0. The van der Waals surface area contributed by atoms with Crippen molar-refractivity contribution < 1.29 is 18.3 Å². The minimum absolute atomic E-state index is 0.625. The van der Waals surface area contributed by atoms with Crippen LogP contribution in [0.25, 0.3) is 0 Å². The fraction of sp³-hybridized carbons (Fsp3) is 1.00. The smallest absolute Gasteiger partial charge is 0.331 e. The lowest BCUT2D eigenvalue weighted by Crippen LogP contribution is -2.37. The summed E-state index contributed by atoms with van der Waals surface area (Å²) in [6.45, 7) is 12.7. The highest BCUT2D eigenvalue weighted by atomic mass is 28.4. The molecule has 19 heavy (non-hydrogen) atoms. The first-order valence-electron chi connectivity index (χ1n) is 7.55. The Bertz CT molecular complexity index is 170. The van der Waals surface area contributed by atoms with E-state index in [0.717, 1.165) is 26.1 Å². The predicted octanol–water partition coefficient (Wildman–Crippen LogP) is 3.35. The second-order valence-corrected chi connectivity index (χ2v) is 8.41. The van der Waals surface area contributed by atoms with E-state index in [2.05, 4.69) is 26.9 Å². The SMILES string of the molecule is CCCCOCCO[Si](C)(C)OCCOCCCC. The molecule has 0 amide bonds. The fourth-order valence-electron chi connectivity index (χ4n) is 1.43. The van der Waals surface area contributed by atoms with E-state index >= 15 is 0 Å². The summed E-state index contributed by atoms with van der Waals surface area (Å²) in [5.41, 5.74) is 0. The van der Waals surface area contributed by atoms with Gasteiger partial charge in [0.1, 0.15) is 0 Å². The van der Waals surface area contributed by atoms with E-state index in [1.54, 1.807) is 0 Å². The maximum Gasteiger partial charge on any atom is 0.331 e. The lowest BCUT2D eigenvalue weighted by atomic mass is 10.4. The third-order valence-electron chi connectivity index (χ3n) is 2.64. The summed E-state index contributed by atoms with van der Waals surface area (Å²) in [4.78, 5) is 0. The zero-order valence-corrected chi connectivity index (χ0v) is 14.2. The van der Waals surface area contributed by atoms with Crippen LogP contribution < -0.4 is 0 Å². The first-order valence-corrected chi connectivity index (χ1v) is 10.4. The van der Waals surface area contributed by atoms with Gasteiger partial charge in [0.2, 0.25) is 0 Å². The second-order valence-electron chi connectivity index (χ2n) is 5.03. The molecule has 0 aliphatic heterocycles. The molecule has 5 heteroatoms. The van der Waals surface area contributed by atoms with Crippen LogP contribution in [0.3, 0.4) is 0 Å². The maximum absolute atomic E-state index is 5.77. The van der Waals surface area contributed by atoms with Crippen LogP contribution in [0, 0.1) is 0 Å². The molecule has 0 aromatic rings. The van der Waals surface area contributed by atoms with Crippen LogP contribution in [0.15, 0.2) is 0 Å². The largest absolute Gasteiger partial charge is 0.392 e. The van der Waals surface area contributed by atoms with Crippen molar-refractivity contribution in [2.24, 2.45) is 0 Å². The topological polar surface area (TPSA) is 36.9 Å². The van der Waals surface area contributed by atoms with E-state index in [9.17, 15) is 0 Å². The van der Waals surface area contributed by atoms with E-state index in [0.29, 0.717) is 26.4 Å². The van der Waals surface area contributed by atoms with E-state index in [4.69, 9.17) is 18.3 Å². The van der Waals surface area contributed by atoms with Crippen LogP contribution in [0.1, 0.15) is 39.5 Å². The van der Waals surface area contributed by atoms with Gasteiger partial charge in [-0.25, -0.2) is 0 Å². The molecule has 0 rings (SSSR count). The molecule has 0 saturated heterocycles. The Balaban J connectivity index is 3.36. The second kappa shape index (κ2) is 13.1. The Morgan fingerprint density at radius 2 is 1.05 bits per heavy atom. The van der Waals surface area contributed by atoms with E-state index in [1.807, 2.05) is 0 Å². The number of ether oxygens (including phenoxy) is 2. The normalized spacial score (nSPS) is 12.0. The molecule has 0 atom stereocenters. The molecule has 0 N–H and O–H groups in total. The molecule has 0 fully saturated rings. The van der Waals surface area contributed by atoms with Gasteiger partial charge in [0.15, 0.2) is 0 Å². The molecule has 4 nitrogen and oxygen atoms in total. The Morgan fingerprint density at radius 3 is 1.42 bits per heavy atom. The van der Waals surface area contributed by atoms with E-state index in [-0.39, 0.29) is 0 Å². The highest BCUT2D eigenvalue weighted by Gasteiger charge is 2.23. The zero-order valence-electron chi connectivity index (χ0n) is 13.2. The van der Waals surface area contributed by atoms with Crippen molar-refractivity contribution >= 4 is 8.56 Å².